The molecule has 8 heteroatoms. The van der Waals surface area contributed by atoms with Gasteiger partial charge in [0.1, 0.15) is 5.69 Å². The van der Waals surface area contributed by atoms with Gasteiger partial charge in [0.25, 0.3) is 11.8 Å². The van der Waals surface area contributed by atoms with Gasteiger partial charge >= 0.3 is 0 Å². The SMILES string of the molecule is O=C(c1ncccn1)N1CCCC(CCc2noc(-c3ccccn3)n2)C1. The van der Waals surface area contributed by atoms with E-state index in [2.05, 4.69) is 25.1 Å². The Kier molecular flexibility index (Phi) is 5.13. The number of likely N-dealkylation sites (tertiary alicyclic amines) is 1. The molecule has 3 aromatic rings. The van der Waals surface area contributed by atoms with E-state index in [-0.39, 0.29) is 11.7 Å². The van der Waals surface area contributed by atoms with E-state index in [1.165, 1.54) is 0 Å². The van der Waals surface area contributed by atoms with Crippen LogP contribution in [0.3, 0.4) is 0 Å². The molecule has 0 aliphatic carbocycles. The number of carbonyl (C=O) groups excluding carboxylic acids is 1. The molecule has 1 aliphatic heterocycles. The molecule has 8 nitrogen and oxygen atoms in total. The van der Waals surface area contributed by atoms with Crippen LogP contribution in [0.2, 0.25) is 0 Å². The van der Waals surface area contributed by atoms with E-state index in [1.807, 2.05) is 23.1 Å². The van der Waals surface area contributed by atoms with Crippen molar-refractivity contribution in [2.75, 3.05) is 13.1 Å². The highest BCUT2D eigenvalue weighted by Crippen LogP contribution is 2.22. The monoisotopic (exact) mass is 364 g/mol. The summed E-state index contributed by atoms with van der Waals surface area (Å²) in [5, 5.41) is 4.05. The molecule has 0 bridgehead atoms. The van der Waals surface area contributed by atoms with Gasteiger partial charge in [-0.05, 0) is 43.4 Å². The average Bonchev–Trinajstić information content (AvgIpc) is 3.22. The second-order valence-corrected chi connectivity index (χ2v) is 6.60. The first-order valence-electron chi connectivity index (χ1n) is 9.10. The number of aryl methyl sites for hydroxylation is 1. The fourth-order valence-electron chi connectivity index (χ4n) is 3.32. The van der Waals surface area contributed by atoms with Crippen LogP contribution in [0.4, 0.5) is 0 Å². The highest BCUT2D eigenvalue weighted by atomic mass is 16.5. The quantitative estimate of drug-likeness (QED) is 0.685. The molecular formula is C19H20N6O2. The van der Waals surface area contributed by atoms with E-state index in [9.17, 15) is 4.79 Å². The molecule has 1 amide bonds. The van der Waals surface area contributed by atoms with E-state index in [0.29, 0.717) is 36.3 Å². The number of amides is 1. The van der Waals surface area contributed by atoms with Crippen molar-refractivity contribution in [3.05, 3.63) is 54.5 Å². The Morgan fingerprint density at radius 3 is 2.81 bits per heavy atom. The third kappa shape index (κ3) is 4.16. The molecule has 1 unspecified atom stereocenters. The fourth-order valence-corrected chi connectivity index (χ4v) is 3.32. The normalized spacial score (nSPS) is 17.0. The standard InChI is InChI=1S/C19H20N6O2/c26-19(17-21-10-4-11-22-17)25-12-3-5-14(13-25)7-8-16-23-18(27-24-16)15-6-1-2-9-20-15/h1-2,4,6,9-11,14H,3,5,7-8,12-13H2. The molecule has 1 fully saturated rings. The van der Waals surface area contributed by atoms with Gasteiger partial charge in [-0.15, -0.1) is 0 Å². The lowest BCUT2D eigenvalue weighted by molar-refractivity contribution is 0.0655. The van der Waals surface area contributed by atoms with Crippen LogP contribution in [0.1, 0.15) is 35.7 Å². The summed E-state index contributed by atoms with van der Waals surface area (Å²) in [6, 6.07) is 7.28. The van der Waals surface area contributed by atoms with Gasteiger partial charge in [-0.1, -0.05) is 11.2 Å². The topological polar surface area (TPSA) is 97.9 Å². The molecule has 27 heavy (non-hydrogen) atoms. The summed E-state index contributed by atoms with van der Waals surface area (Å²) in [7, 11) is 0. The minimum Gasteiger partial charge on any atom is -0.336 e. The Labute approximate surface area is 156 Å². The number of piperidine rings is 1. The van der Waals surface area contributed by atoms with Gasteiger partial charge in [0.2, 0.25) is 5.82 Å². The molecule has 1 saturated heterocycles. The molecule has 0 spiro atoms. The largest absolute Gasteiger partial charge is 0.336 e. The van der Waals surface area contributed by atoms with Gasteiger partial charge in [0.15, 0.2) is 5.82 Å². The van der Waals surface area contributed by atoms with Crippen LogP contribution >= 0.6 is 0 Å². The number of hydrogen-bond donors (Lipinski definition) is 0. The van der Waals surface area contributed by atoms with Crippen LogP contribution in [0.5, 0.6) is 0 Å². The van der Waals surface area contributed by atoms with Crippen molar-refractivity contribution in [1.29, 1.82) is 0 Å². The van der Waals surface area contributed by atoms with Gasteiger partial charge in [-0.2, -0.15) is 4.98 Å². The van der Waals surface area contributed by atoms with E-state index in [4.69, 9.17) is 4.52 Å². The van der Waals surface area contributed by atoms with Crippen molar-refractivity contribution in [3.8, 4) is 11.6 Å². The van der Waals surface area contributed by atoms with Crippen molar-refractivity contribution in [3.63, 3.8) is 0 Å². The Hall–Kier alpha value is -3.16. The van der Waals surface area contributed by atoms with Gasteiger partial charge in [-0.25, -0.2) is 9.97 Å². The molecule has 0 N–H and O–H groups in total. The zero-order chi connectivity index (χ0) is 18.5. The molecule has 138 valence electrons. The van der Waals surface area contributed by atoms with Crippen molar-refractivity contribution in [1.82, 2.24) is 30.0 Å². The summed E-state index contributed by atoms with van der Waals surface area (Å²) in [4.78, 5) is 31.2. The lowest BCUT2D eigenvalue weighted by Gasteiger charge is -2.32. The minimum atomic E-state index is -0.0997. The fraction of sp³-hybridized carbons (Fsp3) is 0.368. The third-order valence-electron chi connectivity index (χ3n) is 4.69. The zero-order valence-corrected chi connectivity index (χ0v) is 14.9. The van der Waals surface area contributed by atoms with Crippen LogP contribution in [-0.4, -0.2) is 49.0 Å². The lowest BCUT2D eigenvalue weighted by atomic mass is 9.93. The van der Waals surface area contributed by atoms with Crippen LogP contribution < -0.4 is 0 Å². The van der Waals surface area contributed by atoms with Crippen molar-refractivity contribution in [2.45, 2.75) is 25.7 Å². The van der Waals surface area contributed by atoms with Gasteiger partial charge < -0.3 is 9.42 Å². The highest BCUT2D eigenvalue weighted by Gasteiger charge is 2.26. The number of nitrogens with zero attached hydrogens (tertiary/aromatic N) is 6. The van der Waals surface area contributed by atoms with Crippen molar-refractivity contribution in [2.24, 2.45) is 5.92 Å². The molecule has 3 aromatic heterocycles. The number of aromatic nitrogens is 5. The zero-order valence-electron chi connectivity index (χ0n) is 14.9. The molecule has 4 rings (SSSR count). The number of rotatable bonds is 5. The third-order valence-corrected chi connectivity index (χ3v) is 4.69. The summed E-state index contributed by atoms with van der Waals surface area (Å²) >= 11 is 0. The molecule has 4 heterocycles. The molecule has 1 atom stereocenters. The van der Waals surface area contributed by atoms with E-state index >= 15 is 0 Å². The second-order valence-electron chi connectivity index (χ2n) is 6.60. The first-order chi connectivity index (χ1) is 13.3. The summed E-state index contributed by atoms with van der Waals surface area (Å²) < 4.78 is 5.30. The molecule has 0 aromatic carbocycles. The molecular weight excluding hydrogens is 344 g/mol. The Morgan fingerprint density at radius 2 is 2.00 bits per heavy atom. The summed E-state index contributed by atoms with van der Waals surface area (Å²) in [5.74, 6) is 1.68. The van der Waals surface area contributed by atoms with Gasteiger partial charge in [0.05, 0.1) is 0 Å². The average molecular weight is 364 g/mol. The maximum atomic E-state index is 12.5. The Bertz CT molecular complexity index is 883. The Morgan fingerprint density at radius 1 is 1.15 bits per heavy atom. The maximum absolute atomic E-state index is 12.5. The van der Waals surface area contributed by atoms with Gasteiger partial charge in [0, 0.05) is 38.1 Å². The highest BCUT2D eigenvalue weighted by molar-refractivity contribution is 5.90. The Balaban J connectivity index is 1.34. The molecule has 0 radical (unpaired) electrons. The van der Waals surface area contributed by atoms with E-state index in [1.54, 1.807) is 24.7 Å². The number of carbonyl (C=O) groups is 1. The molecule has 1 aliphatic rings. The second kappa shape index (κ2) is 8.03. The van der Waals surface area contributed by atoms with Gasteiger partial charge in [-0.3, -0.25) is 9.78 Å². The predicted octanol–water partition coefficient (Wildman–Crippen LogP) is 2.41. The van der Waals surface area contributed by atoms with Crippen molar-refractivity contribution >= 4 is 5.91 Å². The van der Waals surface area contributed by atoms with Crippen LogP contribution in [0.25, 0.3) is 11.6 Å². The summed E-state index contributed by atoms with van der Waals surface area (Å²) in [5.41, 5.74) is 0.675. The van der Waals surface area contributed by atoms with Crippen LogP contribution in [-0.2, 0) is 6.42 Å². The first kappa shape index (κ1) is 17.3. The predicted molar refractivity (Wildman–Crippen MR) is 96.5 cm³/mol. The van der Waals surface area contributed by atoms with E-state index in [0.717, 1.165) is 25.8 Å². The number of pyridine rings is 1. The van der Waals surface area contributed by atoms with Crippen LogP contribution in [0.15, 0.2) is 47.4 Å². The van der Waals surface area contributed by atoms with Crippen LogP contribution in [0, 0.1) is 5.92 Å². The summed E-state index contributed by atoms with van der Waals surface area (Å²) in [6.07, 6.45) is 8.57. The summed E-state index contributed by atoms with van der Waals surface area (Å²) in [6.45, 7) is 1.46. The molecule has 0 saturated carbocycles. The van der Waals surface area contributed by atoms with Crippen molar-refractivity contribution < 1.29 is 9.32 Å². The number of hydrogen-bond acceptors (Lipinski definition) is 7. The smallest absolute Gasteiger partial charge is 0.291 e. The maximum Gasteiger partial charge on any atom is 0.291 e. The lowest BCUT2D eigenvalue weighted by Crippen LogP contribution is -2.40. The van der Waals surface area contributed by atoms with E-state index < -0.39 is 0 Å². The minimum absolute atomic E-state index is 0.0997. The first-order valence-corrected chi connectivity index (χ1v) is 9.10.